The van der Waals surface area contributed by atoms with Gasteiger partial charge < -0.3 is 10.1 Å². The van der Waals surface area contributed by atoms with Crippen LogP contribution in [-0.4, -0.2) is 18.0 Å². The Balaban J connectivity index is 2.41. The highest BCUT2D eigenvalue weighted by atomic mass is 16.6. The molecule has 0 saturated carbocycles. The van der Waals surface area contributed by atoms with Crippen molar-refractivity contribution in [2.24, 2.45) is 0 Å². The smallest absolute Gasteiger partial charge is 0.304 e. The first-order chi connectivity index (χ1) is 7.18. The lowest BCUT2D eigenvalue weighted by Gasteiger charge is -2.15. The van der Waals surface area contributed by atoms with Crippen molar-refractivity contribution in [1.29, 1.82) is 0 Å². The van der Waals surface area contributed by atoms with E-state index in [-0.39, 0.29) is 5.69 Å². The fourth-order valence-corrected chi connectivity index (χ4v) is 1.82. The quantitative estimate of drug-likeness (QED) is 0.313. The van der Waals surface area contributed by atoms with E-state index in [0.717, 1.165) is 32.1 Å². The predicted molar refractivity (Wildman–Crippen MR) is 53.5 cm³/mol. The van der Waals surface area contributed by atoms with Gasteiger partial charge in [-0.2, -0.15) is 4.73 Å². The van der Waals surface area contributed by atoms with Crippen LogP contribution in [0.3, 0.4) is 0 Å². The highest BCUT2D eigenvalue weighted by Crippen LogP contribution is 2.28. The molecule has 2 heterocycles. The normalized spacial score (nSPS) is 15.6. The van der Waals surface area contributed by atoms with Crippen LogP contribution in [0, 0.1) is 15.3 Å². The Kier molecular flexibility index (Phi) is 2.40. The average Bonchev–Trinajstić information content (AvgIpc) is 2.69. The van der Waals surface area contributed by atoms with E-state index >= 15 is 0 Å². The predicted octanol–water partition coefficient (Wildman–Crippen LogP) is 0.828. The van der Waals surface area contributed by atoms with Crippen molar-refractivity contribution in [2.75, 3.05) is 18.0 Å². The molecule has 0 aromatic carbocycles. The van der Waals surface area contributed by atoms with Gasteiger partial charge in [-0.3, -0.25) is 10.1 Å². The molecule has 15 heavy (non-hydrogen) atoms. The summed E-state index contributed by atoms with van der Waals surface area (Å²) in [5.74, 6) is 0. The number of pyridine rings is 1. The third-order valence-corrected chi connectivity index (χ3v) is 2.53. The van der Waals surface area contributed by atoms with E-state index in [1.54, 1.807) is 0 Å². The van der Waals surface area contributed by atoms with Crippen LogP contribution in [0.25, 0.3) is 0 Å². The lowest BCUT2D eigenvalue weighted by atomic mass is 10.3. The van der Waals surface area contributed by atoms with Gasteiger partial charge in [0.15, 0.2) is 11.9 Å². The standard InChI is InChI=1S/C9H11N3O3/c13-11-6-3-8(12(14)15)9(7-11)10-4-1-2-5-10/h3,6-7H,1-2,4-5H2. The Morgan fingerprint density at radius 2 is 2.07 bits per heavy atom. The maximum absolute atomic E-state index is 11.1. The fraction of sp³-hybridized carbons (Fsp3) is 0.444. The van der Waals surface area contributed by atoms with Gasteiger partial charge in [0.25, 0.3) is 0 Å². The molecule has 6 nitrogen and oxygen atoms in total. The van der Waals surface area contributed by atoms with E-state index in [0.29, 0.717) is 10.4 Å². The van der Waals surface area contributed by atoms with Crippen molar-refractivity contribution in [1.82, 2.24) is 0 Å². The highest BCUT2D eigenvalue weighted by Gasteiger charge is 2.24. The SMILES string of the molecule is O=[N+]([O-])c1cc[n+]([O-])cc1N1CCCC1. The second kappa shape index (κ2) is 3.72. The molecular weight excluding hydrogens is 198 g/mol. The van der Waals surface area contributed by atoms with Crippen molar-refractivity contribution in [3.05, 3.63) is 33.8 Å². The summed E-state index contributed by atoms with van der Waals surface area (Å²) in [7, 11) is 0. The summed E-state index contributed by atoms with van der Waals surface area (Å²) in [4.78, 5) is 12.2. The molecule has 1 fully saturated rings. The van der Waals surface area contributed by atoms with Crippen molar-refractivity contribution in [2.45, 2.75) is 12.8 Å². The summed E-state index contributed by atoms with van der Waals surface area (Å²) in [6.07, 6.45) is 4.46. The number of nitrogens with zero attached hydrogens (tertiary/aromatic N) is 3. The van der Waals surface area contributed by atoms with Crippen LogP contribution in [0.15, 0.2) is 18.5 Å². The van der Waals surface area contributed by atoms with E-state index in [4.69, 9.17) is 0 Å². The first-order valence-electron chi connectivity index (χ1n) is 4.80. The lowest BCUT2D eigenvalue weighted by Crippen LogP contribution is -2.29. The number of hydrogen-bond acceptors (Lipinski definition) is 4. The fourth-order valence-electron chi connectivity index (χ4n) is 1.82. The summed E-state index contributed by atoms with van der Waals surface area (Å²) in [5, 5.41) is 21.8. The molecule has 0 N–H and O–H groups in total. The maximum atomic E-state index is 11.1. The molecule has 0 spiro atoms. The van der Waals surface area contributed by atoms with Gasteiger partial charge >= 0.3 is 5.69 Å². The highest BCUT2D eigenvalue weighted by molar-refractivity contribution is 5.60. The molecule has 2 rings (SSSR count). The van der Waals surface area contributed by atoms with Gasteiger partial charge in [0, 0.05) is 13.1 Å². The largest absolute Gasteiger partial charge is 0.619 e. The van der Waals surface area contributed by atoms with Gasteiger partial charge in [0.2, 0.25) is 6.20 Å². The van der Waals surface area contributed by atoms with E-state index in [1.807, 2.05) is 4.90 Å². The number of nitro groups is 1. The summed E-state index contributed by atoms with van der Waals surface area (Å²) in [5.41, 5.74) is 0.430. The minimum atomic E-state index is -0.451. The minimum absolute atomic E-state index is 0.00370. The molecule has 0 bridgehead atoms. The molecule has 6 heteroatoms. The second-order valence-electron chi connectivity index (χ2n) is 3.53. The van der Waals surface area contributed by atoms with E-state index in [1.165, 1.54) is 12.3 Å². The molecule has 1 aliphatic rings. The van der Waals surface area contributed by atoms with Gasteiger partial charge in [0.1, 0.15) is 0 Å². The maximum Gasteiger partial charge on any atom is 0.304 e. The number of aromatic nitrogens is 1. The zero-order valence-corrected chi connectivity index (χ0v) is 8.13. The van der Waals surface area contributed by atoms with Crippen LogP contribution in [-0.2, 0) is 0 Å². The van der Waals surface area contributed by atoms with Crippen LogP contribution < -0.4 is 9.63 Å². The van der Waals surface area contributed by atoms with Gasteiger partial charge in [-0.05, 0) is 12.8 Å². The topological polar surface area (TPSA) is 73.3 Å². The summed E-state index contributed by atoms with van der Waals surface area (Å²) >= 11 is 0. The molecule has 0 unspecified atom stereocenters. The Morgan fingerprint density at radius 3 is 2.67 bits per heavy atom. The first-order valence-corrected chi connectivity index (χ1v) is 4.80. The van der Waals surface area contributed by atoms with Gasteiger partial charge in [-0.15, -0.1) is 0 Å². The Labute approximate surface area is 86.5 Å². The molecule has 0 aliphatic carbocycles. The zero-order valence-electron chi connectivity index (χ0n) is 8.13. The van der Waals surface area contributed by atoms with Crippen LogP contribution in [0.4, 0.5) is 11.4 Å². The van der Waals surface area contributed by atoms with Crippen molar-refractivity contribution < 1.29 is 9.65 Å². The molecule has 1 aromatic heterocycles. The lowest BCUT2D eigenvalue weighted by molar-refractivity contribution is -0.605. The molecule has 1 aromatic rings. The van der Waals surface area contributed by atoms with Crippen molar-refractivity contribution in [3.63, 3.8) is 0 Å². The van der Waals surface area contributed by atoms with Gasteiger partial charge in [0.05, 0.1) is 11.0 Å². The summed E-state index contributed by atoms with van der Waals surface area (Å²) in [6, 6.07) is 1.25. The molecular formula is C9H11N3O3. The van der Waals surface area contributed by atoms with Crippen molar-refractivity contribution in [3.8, 4) is 0 Å². The van der Waals surface area contributed by atoms with E-state index < -0.39 is 4.92 Å². The zero-order chi connectivity index (χ0) is 10.8. The summed E-state index contributed by atoms with van der Waals surface area (Å²) < 4.78 is 0.598. The second-order valence-corrected chi connectivity index (χ2v) is 3.53. The monoisotopic (exact) mass is 209 g/mol. The third-order valence-electron chi connectivity index (χ3n) is 2.53. The van der Waals surface area contributed by atoms with Crippen LogP contribution in [0.5, 0.6) is 0 Å². The number of anilines is 1. The molecule has 0 amide bonds. The van der Waals surface area contributed by atoms with E-state index in [9.17, 15) is 15.3 Å². The Hall–Kier alpha value is -1.85. The van der Waals surface area contributed by atoms with E-state index in [2.05, 4.69) is 0 Å². The molecule has 80 valence electrons. The molecule has 0 atom stereocenters. The third kappa shape index (κ3) is 1.83. The van der Waals surface area contributed by atoms with Crippen LogP contribution in [0.1, 0.15) is 12.8 Å². The number of hydrogen-bond donors (Lipinski definition) is 0. The minimum Gasteiger partial charge on any atom is -0.619 e. The van der Waals surface area contributed by atoms with Crippen LogP contribution in [0.2, 0.25) is 0 Å². The van der Waals surface area contributed by atoms with Gasteiger partial charge in [-0.1, -0.05) is 0 Å². The average molecular weight is 209 g/mol. The van der Waals surface area contributed by atoms with Crippen LogP contribution >= 0.6 is 0 Å². The van der Waals surface area contributed by atoms with Crippen molar-refractivity contribution >= 4 is 11.4 Å². The first kappa shape index (κ1) is 9.70. The number of rotatable bonds is 2. The molecule has 1 saturated heterocycles. The Bertz CT molecular complexity index is 388. The Morgan fingerprint density at radius 1 is 1.40 bits per heavy atom. The van der Waals surface area contributed by atoms with Gasteiger partial charge in [-0.25, -0.2) is 0 Å². The summed E-state index contributed by atoms with van der Waals surface area (Å²) in [6.45, 7) is 1.57. The molecule has 0 radical (unpaired) electrons. The molecule has 1 aliphatic heterocycles.